The topological polar surface area (TPSA) is 20.2 Å². The molecule has 0 bridgehead atoms. The van der Waals surface area contributed by atoms with Crippen LogP contribution in [-0.2, 0) is 6.42 Å². The Kier molecular flexibility index (Phi) is 2.63. The summed E-state index contributed by atoms with van der Waals surface area (Å²) in [6.45, 7) is 1.97. The highest BCUT2D eigenvalue weighted by Gasteiger charge is 2.06. The summed E-state index contributed by atoms with van der Waals surface area (Å²) >= 11 is 11.4. The lowest BCUT2D eigenvalue weighted by atomic mass is 10.1. The summed E-state index contributed by atoms with van der Waals surface area (Å²) in [6, 6.07) is 3.45. The fourth-order valence-corrected chi connectivity index (χ4v) is 1.36. The van der Waals surface area contributed by atoms with Crippen LogP contribution in [0.2, 0.25) is 10.0 Å². The number of benzene rings is 1. The minimum Gasteiger partial charge on any atom is -0.505 e. The summed E-state index contributed by atoms with van der Waals surface area (Å²) in [5.74, 6) is -0.0207. The summed E-state index contributed by atoms with van der Waals surface area (Å²) in [4.78, 5) is 0. The maximum absolute atomic E-state index is 9.25. The Balaban J connectivity index is 3.25. The van der Waals surface area contributed by atoms with Crippen LogP contribution in [-0.4, -0.2) is 5.11 Å². The number of hydrogen-bond acceptors (Lipinski definition) is 1. The number of phenols is 1. The molecule has 1 rings (SSSR count). The predicted octanol–water partition coefficient (Wildman–Crippen LogP) is 3.26. The van der Waals surface area contributed by atoms with Crippen LogP contribution >= 0.6 is 23.2 Å². The van der Waals surface area contributed by atoms with Crippen LogP contribution in [0.3, 0.4) is 0 Å². The van der Waals surface area contributed by atoms with Crippen molar-refractivity contribution in [3.05, 3.63) is 27.7 Å². The van der Waals surface area contributed by atoms with Crippen molar-refractivity contribution in [3.63, 3.8) is 0 Å². The lowest BCUT2D eigenvalue weighted by molar-refractivity contribution is 0.475. The largest absolute Gasteiger partial charge is 0.505 e. The van der Waals surface area contributed by atoms with Gasteiger partial charge < -0.3 is 5.11 Å². The highest BCUT2D eigenvalue weighted by atomic mass is 35.5. The molecule has 1 nitrogen and oxygen atoms in total. The van der Waals surface area contributed by atoms with E-state index >= 15 is 0 Å². The molecule has 0 heterocycles. The average molecular weight is 191 g/mol. The van der Waals surface area contributed by atoms with Gasteiger partial charge in [0.25, 0.3) is 0 Å². The van der Waals surface area contributed by atoms with Crippen molar-refractivity contribution in [3.8, 4) is 5.75 Å². The van der Waals surface area contributed by atoms with Gasteiger partial charge in [-0.1, -0.05) is 36.2 Å². The number of aryl methyl sites for hydroxylation is 1. The van der Waals surface area contributed by atoms with Crippen LogP contribution in [0, 0.1) is 0 Å². The highest BCUT2D eigenvalue weighted by molar-refractivity contribution is 6.37. The zero-order valence-electron chi connectivity index (χ0n) is 6.06. The van der Waals surface area contributed by atoms with Gasteiger partial charge >= 0.3 is 0 Å². The number of phenolic OH excluding ortho intramolecular Hbond substituents is 1. The summed E-state index contributed by atoms with van der Waals surface area (Å²) in [5, 5.41) is 9.91. The molecule has 0 spiro atoms. The third-order valence-electron chi connectivity index (χ3n) is 1.53. The Hall–Kier alpha value is -0.400. The van der Waals surface area contributed by atoms with E-state index in [1.807, 2.05) is 13.0 Å². The molecular formula is C8H8Cl2O. The Bertz CT molecular complexity index is 271. The van der Waals surface area contributed by atoms with Gasteiger partial charge in [0.1, 0.15) is 0 Å². The van der Waals surface area contributed by atoms with Crippen LogP contribution < -0.4 is 0 Å². The minimum atomic E-state index is -0.0207. The lowest BCUT2D eigenvalue weighted by Gasteiger charge is -2.03. The van der Waals surface area contributed by atoms with Crippen molar-refractivity contribution in [2.45, 2.75) is 13.3 Å². The fourth-order valence-electron chi connectivity index (χ4n) is 0.856. The first kappa shape index (κ1) is 8.69. The van der Waals surface area contributed by atoms with Gasteiger partial charge in [0.15, 0.2) is 5.75 Å². The van der Waals surface area contributed by atoms with E-state index in [0.29, 0.717) is 10.0 Å². The van der Waals surface area contributed by atoms with Gasteiger partial charge in [0, 0.05) is 0 Å². The molecule has 3 heteroatoms. The SMILES string of the molecule is CCc1ccc(Cl)c(O)c1Cl. The van der Waals surface area contributed by atoms with E-state index in [2.05, 4.69) is 0 Å². The van der Waals surface area contributed by atoms with Crippen LogP contribution in [0.1, 0.15) is 12.5 Å². The van der Waals surface area contributed by atoms with E-state index in [0.717, 1.165) is 12.0 Å². The van der Waals surface area contributed by atoms with Crippen molar-refractivity contribution in [1.29, 1.82) is 0 Å². The molecule has 1 aromatic rings. The third kappa shape index (κ3) is 1.60. The number of halogens is 2. The van der Waals surface area contributed by atoms with E-state index in [1.54, 1.807) is 6.07 Å². The van der Waals surface area contributed by atoms with E-state index in [4.69, 9.17) is 23.2 Å². The molecule has 60 valence electrons. The maximum atomic E-state index is 9.25. The first-order valence-corrected chi connectivity index (χ1v) is 4.08. The van der Waals surface area contributed by atoms with Crippen LogP contribution in [0.5, 0.6) is 5.75 Å². The van der Waals surface area contributed by atoms with Crippen molar-refractivity contribution in [2.75, 3.05) is 0 Å². The molecule has 0 aliphatic rings. The van der Waals surface area contributed by atoms with Gasteiger partial charge in [0.05, 0.1) is 10.0 Å². The molecule has 0 saturated heterocycles. The second kappa shape index (κ2) is 3.33. The normalized spacial score (nSPS) is 10.1. The summed E-state index contributed by atoms with van der Waals surface area (Å²) < 4.78 is 0. The van der Waals surface area contributed by atoms with Gasteiger partial charge in [-0.05, 0) is 18.1 Å². The van der Waals surface area contributed by atoms with Gasteiger partial charge in [0.2, 0.25) is 0 Å². The van der Waals surface area contributed by atoms with Crippen molar-refractivity contribution >= 4 is 23.2 Å². The van der Waals surface area contributed by atoms with E-state index in [-0.39, 0.29) is 5.75 Å². The molecule has 0 aliphatic carbocycles. The Morgan fingerprint density at radius 3 is 2.55 bits per heavy atom. The van der Waals surface area contributed by atoms with Gasteiger partial charge in [-0.15, -0.1) is 0 Å². The minimum absolute atomic E-state index is 0.0207. The van der Waals surface area contributed by atoms with Crippen LogP contribution in [0.25, 0.3) is 0 Å². The lowest BCUT2D eigenvalue weighted by Crippen LogP contribution is -1.82. The highest BCUT2D eigenvalue weighted by Crippen LogP contribution is 2.34. The molecule has 1 aromatic carbocycles. The maximum Gasteiger partial charge on any atom is 0.153 e. The van der Waals surface area contributed by atoms with Gasteiger partial charge in [-0.25, -0.2) is 0 Å². The predicted molar refractivity (Wildman–Crippen MR) is 47.5 cm³/mol. The quantitative estimate of drug-likeness (QED) is 0.722. The second-order valence-electron chi connectivity index (χ2n) is 2.22. The number of aromatic hydroxyl groups is 1. The fraction of sp³-hybridized carbons (Fsp3) is 0.250. The van der Waals surface area contributed by atoms with Gasteiger partial charge in [-0.2, -0.15) is 0 Å². The molecule has 0 atom stereocenters. The van der Waals surface area contributed by atoms with Gasteiger partial charge in [-0.3, -0.25) is 0 Å². The zero-order chi connectivity index (χ0) is 8.43. The molecule has 0 aromatic heterocycles. The van der Waals surface area contributed by atoms with E-state index in [1.165, 1.54) is 0 Å². The molecule has 1 N–H and O–H groups in total. The number of hydrogen-bond donors (Lipinski definition) is 1. The zero-order valence-corrected chi connectivity index (χ0v) is 7.58. The molecule has 0 aliphatic heterocycles. The molecule has 0 fully saturated rings. The third-order valence-corrected chi connectivity index (χ3v) is 2.25. The first-order chi connectivity index (χ1) is 5.16. The summed E-state index contributed by atoms with van der Waals surface area (Å²) in [7, 11) is 0. The summed E-state index contributed by atoms with van der Waals surface area (Å²) in [6.07, 6.45) is 0.795. The molecule has 0 unspecified atom stereocenters. The van der Waals surface area contributed by atoms with Crippen LogP contribution in [0.4, 0.5) is 0 Å². The Morgan fingerprint density at radius 2 is 2.00 bits per heavy atom. The standard InChI is InChI=1S/C8H8Cl2O/c1-2-5-3-4-6(9)8(11)7(5)10/h3-4,11H,2H2,1H3. The molecule has 0 amide bonds. The molecule has 0 radical (unpaired) electrons. The van der Waals surface area contributed by atoms with Crippen molar-refractivity contribution in [1.82, 2.24) is 0 Å². The average Bonchev–Trinajstić information content (AvgIpc) is 2.01. The molecule has 11 heavy (non-hydrogen) atoms. The first-order valence-electron chi connectivity index (χ1n) is 3.32. The smallest absolute Gasteiger partial charge is 0.153 e. The van der Waals surface area contributed by atoms with Crippen molar-refractivity contribution < 1.29 is 5.11 Å². The second-order valence-corrected chi connectivity index (χ2v) is 3.01. The molecular weight excluding hydrogens is 183 g/mol. The van der Waals surface area contributed by atoms with Crippen LogP contribution in [0.15, 0.2) is 12.1 Å². The van der Waals surface area contributed by atoms with E-state index < -0.39 is 0 Å². The monoisotopic (exact) mass is 190 g/mol. The van der Waals surface area contributed by atoms with Crippen molar-refractivity contribution in [2.24, 2.45) is 0 Å². The molecule has 0 saturated carbocycles. The Labute approximate surface area is 75.6 Å². The summed E-state index contributed by atoms with van der Waals surface area (Å²) in [5.41, 5.74) is 0.911. The number of rotatable bonds is 1. The van der Waals surface area contributed by atoms with E-state index in [9.17, 15) is 5.11 Å². The Morgan fingerprint density at radius 1 is 1.36 bits per heavy atom.